The first-order chi connectivity index (χ1) is 20.0. The van der Waals surface area contributed by atoms with Gasteiger partial charge in [-0.2, -0.15) is 0 Å². The van der Waals surface area contributed by atoms with Gasteiger partial charge in [0.2, 0.25) is 11.3 Å². The van der Waals surface area contributed by atoms with E-state index < -0.39 is 5.43 Å². The number of benzene rings is 3. The number of rotatable bonds is 10. The summed E-state index contributed by atoms with van der Waals surface area (Å²) < 4.78 is 13.3. The van der Waals surface area contributed by atoms with Gasteiger partial charge < -0.3 is 24.3 Å². The van der Waals surface area contributed by atoms with Gasteiger partial charge in [-0.05, 0) is 16.7 Å². The van der Waals surface area contributed by atoms with E-state index in [1.165, 1.54) is 6.92 Å². The van der Waals surface area contributed by atoms with E-state index in [-0.39, 0.29) is 47.5 Å². The molecule has 1 aliphatic rings. The van der Waals surface area contributed by atoms with E-state index in [0.29, 0.717) is 19.7 Å². The summed E-state index contributed by atoms with van der Waals surface area (Å²) in [4.78, 5) is 41.6. The van der Waals surface area contributed by atoms with Crippen LogP contribution in [0.15, 0.2) is 102 Å². The largest absolute Gasteiger partial charge is 0.482 e. The molecule has 41 heavy (non-hydrogen) atoms. The van der Waals surface area contributed by atoms with Crippen molar-refractivity contribution in [3.05, 3.63) is 130 Å². The maximum Gasteiger partial charge on any atom is 0.274 e. The SMILES string of the molecule is COCCN1C[C@H](C(c2ccccc2)c2ccccc2)n2cc(NC(C)=O)c(=O)c(OCc3ccccc3)c2C1=O. The third-order valence-corrected chi connectivity index (χ3v) is 7.25. The third kappa shape index (κ3) is 6.07. The smallest absolute Gasteiger partial charge is 0.274 e. The fraction of sp³-hybridized carbons (Fsp3) is 0.242. The summed E-state index contributed by atoms with van der Waals surface area (Å²) in [6.45, 7) is 2.49. The molecule has 1 aliphatic heterocycles. The molecule has 210 valence electrons. The van der Waals surface area contributed by atoms with Gasteiger partial charge in [-0.15, -0.1) is 0 Å². The van der Waals surface area contributed by atoms with E-state index in [1.54, 1.807) is 18.2 Å². The van der Waals surface area contributed by atoms with E-state index in [2.05, 4.69) is 29.6 Å². The molecule has 0 bridgehead atoms. The molecule has 0 radical (unpaired) electrons. The lowest BCUT2D eigenvalue weighted by Gasteiger charge is -2.41. The quantitative estimate of drug-likeness (QED) is 0.304. The van der Waals surface area contributed by atoms with Crippen molar-refractivity contribution in [3.8, 4) is 5.75 Å². The molecule has 2 amide bonds. The van der Waals surface area contributed by atoms with E-state index >= 15 is 0 Å². The second-order valence-corrected chi connectivity index (χ2v) is 10.0. The predicted molar refractivity (Wildman–Crippen MR) is 157 cm³/mol. The number of ether oxygens (including phenoxy) is 2. The Kier molecular flexibility index (Phi) is 8.60. The highest BCUT2D eigenvalue weighted by molar-refractivity contribution is 5.97. The molecule has 0 unspecified atom stereocenters. The molecule has 8 heteroatoms. The number of aromatic nitrogens is 1. The van der Waals surface area contributed by atoms with Crippen molar-refractivity contribution >= 4 is 17.5 Å². The van der Waals surface area contributed by atoms with Gasteiger partial charge in [-0.25, -0.2) is 0 Å². The number of anilines is 1. The molecule has 2 heterocycles. The molecule has 5 rings (SSSR count). The van der Waals surface area contributed by atoms with E-state index in [0.717, 1.165) is 16.7 Å². The minimum Gasteiger partial charge on any atom is -0.482 e. The molecule has 0 aliphatic carbocycles. The van der Waals surface area contributed by atoms with Crippen LogP contribution in [-0.4, -0.2) is 48.1 Å². The van der Waals surface area contributed by atoms with Crippen molar-refractivity contribution in [2.75, 3.05) is 32.1 Å². The highest BCUT2D eigenvalue weighted by Gasteiger charge is 2.39. The van der Waals surface area contributed by atoms with Crippen LogP contribution in [0.5, 0.6) is 5.75 Å². The zero-order valence-corrected chi connectivity index (χ0v) is 23.2. The highest BCUT2D eigenvalue weighted by Crippen LogP contribution is 2.40. The topological polar surface area (TPSA) is 89.9 Å². The lowest BCUT2D eigenvalue weighted by atomic mass is 9.83. The maximum absolute atomic E-state index is 14.0. The predicted octanol–water partition coefficient (Wildman–Crippen LogP) is 4.86. The van der Waals surface area contributed by atoms with E-state index in [4.69, 9.17) is 9.47 Å². The van der Waals surface area contributed by atoms with Crippen molar-refractivity contribution in [3.63, 3.8) is 0 Å². The molecular weight excluding hydrogens is 518 g/mol. The van der Waals surface area contributed by atoms with E-state index in [1.807, 2.05) is 71.3 Å². The first-order valence-electron chi connectivity index (χ1n) is 13.6. The van der Waals surface area contributed by atoms with Crippen LogP contribution in [0.1, 0.15) is 46.1 Å². The minimum atomic E-state index is -0.543. The van der Waals surface area contributed by atoms with Gasteiger partial charge >= 0.3 is 0 Å². The Morgan fingerprint density at radius 3 is 2.07 bits per heavy atom. The van der Waals surface area contributed by atoms with Gasteiger partial charge in [0.1, 0.15) is 12.3 Å². The molecule has 3 aromatic carbocycles. The zero-order chi connectivity index (χ0) is 28.8. The molecule has 8 nitrogen and oxygen atoms in total. The van der Waals surface area contributed by atoms with Crippen LogP contribution >= 0.6 is 0 Å². The lowest BCUT2D eigenvalue weighted by molar-refractivity contribution is -0.114. The highest BCUT2D eigenvalue weighted by atomic mass is 16.5. The van der Waals surface area contributed by atoms with Crippen molar-refractivity contribution in [2.45, 2.75) is 25.5 Å². The Labute approximate surface area is 239 Å². The first-order valence-corrected chi connectivity index (χ1v) is 13.6. The Hall–Kier alpha value is -4.69. The lowest BCUT2D eigenvalue weighted by Crippen LogP contribution is -2.47. The number of hydrogen-bond donors (Lipinski definition) is 1. The second kappa shape index (κ2) is 12.7. The van der Waals surface area contributed by atoms with Crippen LogP contribution < -0.4 is 15.5 Å². The Balaban J connectivity index is 1.73. The molecule has 1 atom stereocenters. The Morgan fingerprint density at radius 2 is 1.51 bits per heavy atom. The number of hydrogen-bond acceptors (Lipinski definition) is 5. The molecule has 0 fully saturated rings. The average Bonchev–Trinajstić information content (AvgIpc) is 2.99. The first kappa shape index (κ1) is 27.9. The minimum absolute atomic E-state index is 0.0623. The Bertz CT molecular complexity index is 1520. The van der Waals surface area contributed by atoms with Crippen LogP contribution in [0.25, 0.3) is 0 Å². The zero-order valence-electron chi connectivity index (χ0n) is 23.2. The number of fused-ring (bicyclic) bond motifs is 1. The van der Waals surface area contributed by atoms with E-state index in [9.17, 15) is 14.4 Å². The summed E-state index contributed by atoms with van der Waals surface area (Å²) in [5.41, 5.74) is 2.64. The summed E-state index contributed by atoms with van der Waals surface area (Å²) in [6, 6.07) is 29.3. The monoisotopic (exact) mass is 551 g/mol. The summed E-state index contributed by atoms with van der Waals surface area (Å²) in [5.74, 6) is -0.978. The molecule has 0 saturated carbocycles. The van der Waals surface area contributed by atoms with Crippen molar-refractivity contribution < 1.29 is 19.1 Å². The van der Waals surface area contributed by atoms with Gasteiger partial charge in [0.25, 0.3) is 5.91 Å². The van der Waals surface area contributed by atoms with Crippen LogP contribution in [0, 0.1) is 0 Å². The fourth-order valence-corrected chi connectivity index (χ4v) is 5.39. The molecular formula is C33H33N3O5. The summed E-state index contributed by atoms with van der Waals surface area (Å²) in [7, 11) is 1.59. The van der Waals surface area contributed by atoms with Gasteiger partial charge in [-0.1, -0.05) is 91.0 Å². The molecule has 4 aromatic rings. The van der Waals surface area contributed by atoms with Gasteiger partial charge in [0.15, 0.2) is 11.4 Å². The number of amides is 2. The third-order valence-electron chi connectivity index (χ3n) is 7.25. The maximum atomic E-state index is 14.0. The summed E-state index contributed by atoms with van der Waals surface area (Å²) >= 11 is 0. The number of nitrogens with one attached hydrogen (secondary N) is 1. The number of carbonyl (C=O) groups excluding carboxylic acids is 2. The van der Waals surface area contributed by atoms with Crippen molar-refractivity contribution in [1.82, 2.24) is 9.47 Å². The fourth-order valence-electron chi connectivity index (χ4n) is 5.39. The van der Waals surface area contributed by atoms with Crippen LogP contribution in [0.2, 0.25) is 0 Å². The van der Waals surface area contributed by atoms with Crippen LogP contribution in [0.3, 0.4) is 0 Å². The normalized spacial score (nSPS) is 14.6. The molecule has 0 spiro atoms. The van der Waals surface area contributed by atoms with Gasteiger partial charge in [0, 0.05) is 39.2 Å². The number of methoxy groups -OCH3 is 1. The molecule has 1 aromatic heterocycles. The van der Waals surface area contributed by atoms with Crippen LogP contribution in [-0.2, 0) is 16.1 Å². The van der Waals surface area contributed by atoms with Gasteiger partial charge in [0.05, 0.1) is 12.6 Å². The molecule has 1 N–H and O–H groups in total. The number of nitrogens with zero attached hydrogens (tertiary/aromatic N) is 2. The van der Waals surface area contributed by atoms with Gasteiger partial charge in [-0.3, -0.25) is 14.4 Å². The second-order valence-electron chi connectivity index (χ2n) is 10.0. The Morgan fingerprint density at radius 1 is 0.927 bits per heavy atom. The number of pyridine rings is 1. The average molecular weight is 552 g/mol. The number of carbonyl (C=O) groups is 2. The van der Waals surface area contributed by atoms with Crippen LogP contribution in [0.4, 0.5) is 5.69 Å². The molecule has 0 saturated heterocycles. The summed E-state index contributed by atoms with van der Waals surface area (Å²) in [5, 5.41) is 2.66. The van der Waals surface area contributed by atoms with Crippen molar-refractivity contribution in [2.24, 2.45) is 0 Å². The van der Waals surface area contributed by atoms with Crippen molar-refractivity contribution in [1.29, 1.82) is 0 Å². The standard InChI is InChI=1S/C33H33N3O5/c1-23(37)34-27-20-36-28(29(25-14-8-4-9-15-25)26-16-10-5-11-17-26)21-35(18-19-40-2)33(39)30(36)32(31(27)38)41-22-24-12-6-3-7-13-24/h3-17,20,28-29H,18-19,21-22H2,1-2H3,(H,34,37)/t28-/m1/s1. The summed E-state index contributed by atoms with van der Waals surface area (Å²) in [6.07, 6.45) is 1.59.